The van der Waals surface area contributed by atoms with Gasteiger partial charge in [-0.25, -0.2) is 0 Å². The Balaban J connectivity index is 1.63. The van der Waals surface area contributed by atoms with Crippen LogP contribution in [0, 0.1) is 17.8 Å². The first-order valence-electron chi connectivity index (χ1n) is 5.60. The third kappa shape index (κ3) is 1.66. The minimum atomic E-state index is 0.888. The maximum Gasteiger partial charge on any atom is -0.00773 e. The van der Waals surface area contributed by atoms with Crippen molar-refractivity contribution in [1.29, 1.82) is 0 Å². The van der Waals surface area contributed by atoms with Crippen LogP contribution in [-0.2, 0) is 0 Å². The van der Waals surface area contributed by atoms with E-state index >= 15 is 0 Å². The van der Waals surface area contributed by atoms with Crippen molar-refractivity contribution in [2.75, 3.05) is 6.54 Å². The Bertz CT molecular complexity index is 132. The fraction of sp³-hybridized carbons (Fsp3) is 1.00. The fourth-order valence-electron chi connectivity index (χ4n) is 3.02. The van der Waals surface area contributed by atoms with Crippen molar-refractivity contribution < 1.29 is 0 Å². The van der Waals surface area contributed by atoms with Gasteiger partial charge in [0.2, 0.25) is 0 Å². The normalized spacial score (nSPS) is 39.2. The zero-order chi connectivity index (χ0) is 8.39. The lowest BCUT2D eigenvalue weighted by Crippen LogP contribution is -2.18. The van der Waals surface area contributed by atoms with Gasteiger partial charge in [-0.2, -0.15) is 0 Å². The van der Waals surface area contributed by atoms with Gasteiger partial charge in [-0.1, -0.05) is 12.8 Å². The van der Waals surface area contributed by atoms with Crippen LogP contribution in [0.25, 0.3) is 0 Å². The van der Waals surface area contributed by atoms with Gasteiger partial charge in [-0.15, -0.1) is 0 Å². The Morgan fingerprint density at radius 3 is 2.17 bits per heavy atom. The Hall–Kier alpha value is -0.0400. The molecule has 2 aliphatic rings. The first kappa shape index (κ1) is 8.55. The number of fused-ring (bicyclic) bond motifs is 1. The highest BCUT2D eigenvalue weighted by Gasteiger charge is 2.39. The van der Waals surface area contributed by atoms with E-state index in [-0.39, 0.29) is 0 Å². The molecule has 2 unspecified atom stereocenters. The highest BCUT2D eigenvalue weighted by atomic mass is 14.5. The van der Waals surface area contributed by atoms with E-state index in [2.05, 4.69) is 0 Å². The maximum absolute atomic E-state index is 5.48. The molecule has 70 valence electrons. The van der Waals surface area contributed by atoms with E-state index in [0.29, 0.717) is 0 Å². The molecule has 0 aliphatic heterocycles. The van der Waals surface area contributed by atoms with E-state index in [1.807, 2.05) is 0 Å². The molecule has 0 heterocycles. The summed E-state index contributed by atoms with van der Waals surface area (Å²) in [5.41, 5.74) is 5.48. The summed E-state index contributed by atoms with van der Waals surface area (Å²) < 4.78 is 0. The number of hydrogen-bond donors (Lipinski definition) is 1. The lowest BCUT2D eigenvalue weighted by atomic mass is 9.77. The molecule has 0 aromatic carbocycles. The highest BCUT2D eigenvalue weighted by Crippen LogP contribution is 2.50. The van der Waals surface area contributed by atoms with Gasteiger partial charge in [0.1, 0.15) is 0 Å². The van der Waals surface area contributed by atoms with E-state index < -0.39 is 0 Å². The predicted octanol–water partition coefficient (Wildman–Crippen LogP) is 2.55. The van der Waals surface area contributed by atoms with Crippen LogP contribution in [-0.4, -0.2) is 6.54 Å². The molecule has 0 saturated heterocycles. The van der Waals surface area contributed by atoms with Crippen LogP contribution in [0.15, 0.2) is 0 Å². The van der Waals surface area contributed by atoms with Crippen LogP contribution in [0.1, 0.15) is 44.9 Å². The van der Waals surface area contributed by atoms with Gasteiger partial charge in [0, 0.05) is 0 Å². The SMILES string of the molecule is NCCCCC1CC2CCC2C1. The molecule has 0 amide bonds. The molecule has 0 aromatic rings. The van der Waals surface area contributed by atoms with Gasteiger partial charge in [0.05, 0.1) is 0 Å². The number of hydrogen-bond acceptors (Lipinski definition) is 1. The summed E-state index contributed by atoms with van der Waals surface area (Å²) in [6.45, 7) is 0.888. The molecule has 2 fully saturated rings. The number of nitrogens with two attached hydrogens (primary N) is 1. The van der Waals surface area contributed by atoms with Crippen molar-refractivity contribution in [1.82, 2.24) is 0 Å². The second kappa shape index (κ2) is 3.78. The van der Waals surface area contributed by atoms with E-state index in [9.17, 15) is 0 Å². The van der Waals surface area contributed by atoms with Crippen LogP contribution < -0.4 is 5.73 Å². The molecule has 12 heavy (non-hydrogen) atoms. The maximum atomic E-state index is 5.48. The first-order valence-corrected chi connectivity index (χ1v) is 5.60. The zero-order valence-corrected chi connectivity index (χ0v) is 7.97. The quantitative estimate of drug-likeness (QED) is 0.640. The Morgan fingerprint density at radius 1 is 1.00 bits per heavy atom. The van der Waals surface area contributed by atoms with E-state index in [4.69, 9.17) is 5.73 Å². The zero-order valence-electron chi connectivity index (χ0n) is 7.97. The van der Waals surface area contributed by atoms with Gasteiger partial charge in [0.25, 0.3) is 0 Å². The van der Waals surface area contributed by atoms with E-state index in [1.54, 1.807) is 12.8 Å². The molecule has 0 aromatic heterocycles. The second-order valence-corrected chi connectivity index (χ2v) is 4.72. The minimum Gasteiger partial charge on any atom is -0.330 e. The Labute approximate surface area is 75.7 Å². The van der Waals surface area contributed by atoms with E-state index in [1.165, 1.54) is 32.1 Å². The summed E-state index contributed by atoms with van der Waals surface area (Å²) in [6, 6.07) is 0. The summed E-state index contributed by atoms with van der Waals surface area (Å²) >= 11 is 0. The van der Waals surface area contributed by atoms with Gasteiger partial charge in [0.15, 0.2) is 0 Å². The molecule has 1 nitrogen and oxygen atoms in total. The van der Waals surface area contributed by atoms with Gasteiger partial charge in [-0.05, 0) is 56.4 Å². The van der Waals surface area contributed by atoms with Crippen LogP contribution in [0.4, 0.5) is 0 Å². The average molecular weight is 167 g/mol. The minimum absolute atomic E-state index is 0.888. The van der Waals surface area contributed by atoms with Crippen molar-refractivity contribution in [2.45, 2.75) is 44.9 Å². The summed E-state index contributed by atoms with van der Waals surface area (Å²) in [6.07, 6.45) is 10.3. The molecule has 1 heteroatoms. The largest absolute Gasteiger partial charge is 0.330 e. The molecular weight excluding hydrogens is 146 g/mol. The van der Waals surface area contributed by atoms with Gasteiger partial charge < -0.3 is 5.73 Å². The highest BCUT2D eigenvalue weighted by molar-refractivity contribution is 4.90. The summed E-state index contributed by atoms with van der Waals surface area (Å²) in [4.78, 5) is 0. The molecule has 0 bridgehead atoms. The van der Waals surface area contributed by atoms with Gasteiger partial charge in [-0.3, -0.25) is 0 Å². The average Bonchev–Trinajstić information content (AvgIpc) is 2.31. The van der Waals surface area contributed by atoms with Crippen molar-refractivity contribution in [2.24, 2.45) is 23.5 Å². The van der Waals surface area contributed by atoms with Crippen molar-refractivity contribution in [3.8, 4) is 0 Å². The molecule has 2 aliphatic carbocycles. The lowest BCUT2D eigenvalue weighted by Gasteiger charge is -2.29. The molecule has 2 saturated carbocycles. The third-order valence-electron chi connectivity index (χ3n) is 3.91. The van der Waals surface area contributed by atoms with Crippen LogP contribution in [0.2, 0.25) is 0 Å². The van der Waals surface area contributed by atoms with Crippen LogP contribution in [0.3, 0.4) is 0 Å². The summed E-state index contributed by atoms with van der Waals surface area (Å²) in [5.74, 6) is 3.37. The second-order valence-electron chi connectivity index (χ2n) is 4.72. The van der Waals surface area contributed by atoms with Crippen molar-refractivity contribution >= 4 is 0 Å². The molecule has 2 rings (SSSR count). The Morgan fingerprint density at radius 2 is 1.67 bits per heavy atom. The topological polar surface area (TPSA) is 26.0 Å². The monoisotopic (exact) mass is 167 g/mol. The smallest absolute Gasteiger partial charge is 0.00773 e. The van der Waals surface area contributed by atoms with E-state index in [0.717, 1.165) is 24.3 Å². The predicted molar refractivity (Wildman–Crippen MR) is 51.8 cm³/mol. The van der Waals surface area contributed by atoms with Gasteiger partial charge >= 0.3 is 0 Å². The fourth-order valence-corrected chi connectivity index (χ4v) is 3.02. The van der Waals surface area contributed by atoms with Crippen molar-refractivity contribution in [3.63, 3.8) is 0 Å². The standard InChI is InChI=1S/C11H21N/c12-6-2-1-3-9-7-10-4-5-11(10)8-9/h9-11H,1-8,12H2. The van der Waals surface area contributed by atoms with Crippen LogP contribution >= 0.6 is 0 Å². The third-order valence-corrected chi connectivity index (χ3v) is 3.91. The summed E-state index contributed by atoms with van der Waals surface area (Å²) in [5, 5.41) is 0. The van der Waals surface area contributed by atoms with Crippen LogP contribution in [0.5, 0.6) is 0 Å². The molecule has 0 spiro atoms. The Kier molecular flexibility index (Phi) is 2.69. The molecular formula is C11H21N. The molecule has 2 atom stereocenters. The van der Waals surface area contributed by atoms with Crippen molar-refractivity contribution in [3.05, 3.63) is 0 Å². The number of unbranched alkanes of at least 4 members (excludes halogenated alkanes) is 1. The molecule has 0 radical (unpaired) electrons. The number of rotatable bonds is 4. The summed E-state index contributed by atoms with van der Waals surface area (Å²) in [7, 11) is 0. The lowest BCUT2D eigenvalue weighted by molar-refractivity contribution is 0.219. The first-order chi connectivity index (χ1) is 5.90. The molecule has 2 N–H and O–H groups in total.